The van der Waals surface area contributed by atoms with Gasteiger partial charge in [-0.25, -0.2) is 0 Å². The number of aromatic nitrogens is 2. The molecule has 0 bridgehead atoms. The SMILES string of the molecule is C[Si]1(C)c2c(cccc2-c2cccc3cnccc23)-c2cccc(-n3c4ccccc4c4cc5c(cc43)sc3ccccc35)c21. The van der Waals surface area contributed by atoms with E-state index in [4.69, 9.17) is 0 Å². The molecule has 2 nitrogen and oxygen atoms in total. The molecule has 0 N–H and O–H groups in total. The summed E-state index contributed by atoms with van der Waals surface area (Å²) in [6, 6.07) is 45.4. The highest BCUT2D eigenvalue weighted by atomic mass is 32.1. The molecule has 212 valence electrons. The van der Waals surface area contributed by atoms with E-state index in [0.717, 1.165) is 0 Å². The van der Waals surface area contributed by atoms with E-state index in [1.807, 2.05) is 23.7 Å². The number of nitrogens with zero attached hydrogens (tertiary/aromatic N) is 2. The minimum atomic E-state index is -2.19. The van der Waals surface area contributed by atoms with E-state index in [9.17, 15) is 0 Å². The Kier molecular flexibility index (Phi) is 5.07. The summed E-state index contributed by atoms with van der Waals surface area (Å²) in [4.78, 5) is 4.41. The van der Waals surface area contributed by atoms with Crippen LogP contribution < -0.4 is 10.4 Å². The molecule has 0 saturated carbocycles. The molecule has 1 aliphatic heterocycles. The zero-order valence-corrected chi connectivity index (χ0v) is 26.8. The van der Waals surface area contributed by atoms with Crippen molar-refractivity contribution in [1.29, 1.82) is 0 Å². The third kappa shape index (κ3) is 3.36. The summed E-state index contributed by atoms with van der Waals surface area (Å²) in [7, 11) is -2.19. The summed E-state index contributed by atoms with van der Waals surface area (Å²) in [6.45, 7) is 5.10. The predicted molar refractivity (Wildman–Crippen MR) is 197 cm³/mol. The van der Waals surface area contributed by atoms with Gasteiger partial charge in [-0.15, -0.1) is 11.3 Å². The number of thiophene rings is 1. The van der Waals surface area contributed by atoms with Gasteiger partial charge in [-0.1, -0.05) is 98.0 Å². The Morgan fingerprint density at radius 1 is 0.533 bits per heavy atom. The van der Waals surface area contributed by atoms with E-state index in [-0.39, 0.29) is 0 Å². The van der Waals surface area contributed by atoms with Crippen molar-refractivity contribution in [2.75, 3.05) is 0 Å². The van der Waals surface area contributed by atoms with Crippen molar-refractivity contribution >= 4 is 82.5 Å². The highest BCUT2D eigenvalue weighted by Gasteiger charge is 2.42. The van der Waals surface area contributed by atoms with Crippen LogP contribution in [0.2, 0.25) is 13.1 Å². The molecule has 0 fully saturated rings. The van der Waals surface area contributed by atoms with Crippen molar-refractivity contribution in [2.24, 2.45) is 0 Å². The van der Waals surface area contributed by atoms with Crippen molar-refractivity contribution in [1.82, 2.24) is 9.55 Å². The minimum Gasteiger partial charge on any atom is -0.309 e. The predicted octanol–water partition coefficient (Wildman–Crippen LogP) is 10.2. The van der Waals surface area contributed by atoms with E-state index in [1.165, 1.54) is 91.1 Å². The lowest BCUT2D eigenvalue weighted by Crippen LogP contribution is -2.51. The fraction of sp³-hybridized carbons (Fsp3) is 0.0488. The van der Waals surface area contributed by atoms with Crippen LogP contribution in [0.25, 0.3) is 80.7 Å². The molecule has 3 aromatic heterocycles. The molecule has 0 radical (unpaired) electrons. The van der Waals surface area contributed by atoms with Gasteiger partial charge in [0.1, 0.15) is 8.07 Å². The van der Waals surface area contributed by atoms with Crippen LogP contribution in [0.5, 0.6) is 0 Å². The van der Waals surface area contributed by atoms with Crippen LogP contribution in [0.1, 0.15) is 0 Å². The van der Waals surface area contributed by atoms with E-state index in [2.05, 4.69) is 144 Å². The van der Waals surface area contributed by atoms with Crippen molar-refractivity contribution in [3.8, 4) is 27.9 Å². The second-order valence-electron chi connectivity index (χ2n) is 12.8. The highest BCUT2D eigenvalue weighted by Crippen LogP contribution is 2.42. The smallest absolute Gasteiger partial charge is 0.117 e. The van der Waals surface area contributed by atoms with E-state index in [0.29, 0.717) is 0 Å². The number of benzene rings is 6. The third-order valence-electron chi connectivity index (χ3n) is 10.0. The van der Waals surface area contributed by atoms with Gasteiger partial charge in [-0.2, -0.15) is 0 Å². The summed E-state index contributed by atoms with van der Waals surface area (Å²) in [5, 5.41) is 10.8. The molecule has 1 aliphatic rings. The summed E-state index contributed by atoms with van der Waals surface area (Å²) < 4.78 is 5.25. The zero-order chi connectivity index (χ0) is 29.9. The third-order valence-corrected chi connectivity index (χ3v) is 14.7. The lowest BCUT2D eigenvalue weighted by molar-refractivity contribution is 1.19. The number of hydrogen-bond acceptors (Lipinski definition) is 2. The summed E-state index contributed by atoms with van der Waals surface area (Å²) >= 11 is 1.90. The Balaban J connectivity index is 1.28. The number of pyridine rings is 1. The molecule has 0 atom stereocenters. The average Bonchev–Trinajstić information content (AvgIpc) is 3.68. The Morgan fingerprint density at radius 3 is 2.13 bits per heavy atom. The van der Waals surface area contributed by atoms with Crippen LogP contribution in [0, 0.1) is 0 Å². The molecule has 0 spiro atoms. The summed E-state index contributed by atoms with van der Waals surface area (Å²) in [6.07, 6.45) is 3.90. The molecular weight excluding hydrogens is 581 g/mol. The molecule has 0 unspecified atom stereocenters. The Morgan fingerprint density at radius 2 is 1.24 bits per heavy atom. The van der Waals surface area contributed by atoms with Crippen molar-refractivity contribution in [3.63, 3.8) is 0 Å². The first-order valence-electron chi connectivity index (χ1n) is 15.5. The van der Waals surface area contributed by atoms with Crippen LogP contribution in [-0.2, 0) is 0 Å². The topological polar surface area (TPSA) is 17.8 Å². The Labute approximate surface area is 265 Å². The quantitative estimate of drug-likeness (QED) is 0.179. The Bertz CT molecular complexity index is 2690. The van der Waals surface area contributed by atoms with Gasteiger partial charge in [0.15, 0.2) is 0 Å². The van der Waals surface area contributed by atoms with Crippen LogP contribution in [0.3, 0.4) is 0 Å². The van der Waals surface area contributed by atoms with Gasteiger partial charge in [0.05, 0.1) is 11.0 Å². The lowest BCUT2D eigenvalue weighted by atomic mass is 9.95. The molecule has 4 heterocycles. The van der Waals surface area contributed by atoms with Crippen LogP contribution in [0.15, 0.2) is 134 Å². The molecule has 6 aromatic carbocycles. The van der Waals surface area contributed by atoms with Gasteiger partial charge in [0.2, 0.25) is 0 Å². The monoisotopic (exact) mass is 608 g/mol. The molecular formula is C41H28N2SSi. The van der Waals surface area contributed by atoms with E-state index in [1.54, 1.807) is 0 Å². The molecule has 9 aromatic rings. The first-order valence-corrected chi connectivity index (χ1v) is 19.4. The molecule has 4 heteroatoms. The highest BCUT2D eigenvalue weighted by molar-refractivity contribution is 7.25. The van der Waals surface area contributed by atoms with Gasteiger partial charge in [-0.3, -0.25) is 4.98 Å². The standard InChI is InChI=1S/C41H28N2SSi/c1-45(2)40-30(27-13-7-10-25-24-42-21-20-26(25)27)14-8-15-31(40)32-16-9-18-36(41(32)45)43-35-17-5-3-11-28(35)33-22-34-29-12-4-6-19-38(29)44-39(34)23-37(33)43/h3-24H,1-2H3. The zero-order valence-electron chi connectivity index (χ0n) is 25.0. The number of para-hydroxylation sites is 1. The molecule has 0 saturated heterocycles. The normalized spacial score (nSPS) is 13.7. The summed E-state index contributed by atoms with van der Waals surface area (Å²) in [5.41, 5.74) is 9.30. The fourth-order valence-corrected chi connectivity index (χ4v) is 13.1. The first-order chi connectivity index (χ1) is 22.1. The number of hydrogen-bond donors (Lipinski definition) is 0. The number of fused-ring (bicyclic) bond motifs is 10. The Hall–Kier alpha value is -5.03. The first kappa shape index (κ1) is 25.3. The van der Waals surface area contributed by atoms with Crippen LogP contribution >= 0.6 is 11.3 Å². The van der Waals surface area contributed by atoms with Gasteiger partial charge in [0, 0.05) is 54.4 Å². The largest absolute Gasteiger partial charge is 0.309 e. The maximum Gasteiger partial charge on any atom is 0.117 e. The van der Waals surface area contributed by atoms with Gasteiger partial charge >= 0.3 is 0 Å². The van der Waals surface area contributed by atoms with Gasteiger partial charge in [-0.05, 0) is 74.4 Å². The fourth-order valence-electron chi connectivity index (χ4n) is 8.21. The summed E-state index contributed by atoms with van der Waals surface area (Å²) in [5.74, 6) is 0. The average molecular weight is 609 g/mol. The van der Waals surface area contributed by atoms with E-state index < -0.39 is 8.07 Å². The van der Waals surface area contributed by atoms with Crippen molar-refractivity contribution < 1.29 is 0 Å². The maximum absolute atomic E-state index is 4.41. The van der Waals surface area contributed by atoms with Crippen molar-refractivity contribution in [2.45, 2.75) is 13.1 Å². The van der Waals surface area contributed by atoms with Crippen LogP contribution in [0.4, 0.5) is 0 Å². The van der Waals surface area contributed by atoms with E-state index >= 15 is 0 Å². The van der Waals surface area contributed by atoms with Crippen LogP contribution in [-0.4, -0.2) is 17.6 Å². The van der Waals surface area contributed by atoms with Crippen molar-refractivity contribution in [3.05, 3.63) is 134 Å². The minimum absolute atomic E-state index is 1.18. The molecule has 0 amide bonds. The molecule has 10 rings (SSSR count). The second kappa shape index (κ2) is 9.01. The number of rotatable bonds is 2. The maximum atomic E-state index is 4.41. The second-order valence-corrected chi connectivity index (χ2v) is 18.1. The lowest BCUT2D eigenvalue weighted by Gasteiger charge is -2.25. The van der Waals surface area contributed by atoms with Gasteiger partial charge < -0.3 is 4.57 Å². The molecule has 0 aliphatic carbocycles. The molecule has 45 heavy (non-hydrogen) atoms. The van der Waals surface area contributed by atoms with Gasteiger partial charge in [0.25, 0.3) is 0 Å².